The van der Waals surface area contributed by atoms with E-state index < -0.39 is 5.97 Å². The van der Waals surface area contributed by atoms with Gasteiger partial charge < -0.3 is 9.64 Å². The van der Waals surface area contributed by atoms with Gasteiger partial charge in [0.25, 0.3) is 5.91 Å². The fourth-order valence-corrected chi connectivity index (χ4v) is 3.54. The van der Waals surface area contributed by atoms with Gasteiger partial charge in [-0.25, -0.2) is 14.8 Å². The van der Waals surface area contributed by atoms with Crippen LogP contribution in [0.4, 0.5) is 0 Å². The first-order valence-electron chi connectivity index (χ1n) is 7.51. The molecular weight excluding hydrogens is 388 g/mol. The molecule has 0 atom stereocenters. The summed E-state index contributed by atoms with van der Waals surface area (Å²) >= 11 is 3.38. The Hall–Kier alpha value is -2.74. The highest BCUT2D eigenvalue weighted by Gasteiger charge is 2.26. The Morgan fingerprint density at radius 2 is 2.16 bits per heavy atom. The predicted molar refractivity (Wildman–Crippen MR) is 93.3 cm³/mol. The van der Waals surface area contributed by atoms with Gasteiger partial charge >= 0.3 is 5.97 Å². The van der Waals surface area contributed by atoms with Gasteiger partial charge in [0, 0.05) is 37.1 Å². The summed E-state index contributed by atoms with van der Waals surface area (Å²) in [5.41, 5.74) is 3.15. The van der Waals surface area contributed by atoms with Gasteiger partial charge in [0.2, 0.25) is 0 Å². The van der Waals surface area contributed by atoms with Gasteiger partial charge in [-0.2, -0.15) is 0 Å². The number of hydrogen-bond acceptors (Lipinski definition) is 5. The van der Waals surface area contributed by atoms with E-state index >= 15 is 0 Å². The molecule has 1 amide bonds. The third-order valence-corrected chi connectivity index (χ3v) is 4.95. The molecule has 0 fully saturated rings. The molecule has 1 aliphatic rings. The van der Waals surface area contributed by atoms with E-state index in [-0.39, 0.29) is 11.6 Å². The van der Waals surface area contributed by atoms with Crippen molar-refractivity contribution in [2.24, 2.45) is 0 Å². The Kier molecular flexibility index (Phi) is 3.57. The van der Waals surface area contributed by atoms with Crippen LogP contribution in [0.2, 0.25) is 0 Å². The zero-order valence-electron chi connectivity index (χ0n) is 13.5. The molecule has 4 rings (SSSR count). The van der Waals surface area contributed by atoms with Gasteiger partial charge in [-0.15, -0.1) is 0 Å². The molecule has 3 aromatic rings. The summed E-state index contributed by atoms with van der Waals surface area (Å²) < 4.78 is 7.08. The van der Waals surface area contributed by atoms with Gasteiger partial charge in [0.1, 0.15) is 5.82 Å². The molecule has 1 aliphatic heterocycles. The molecule has 0 unspecified atom stereocenters. The van der Waals surface area contributed by atoms with Crippen LogP contribution >= 0.6 is 15.9 Å². The van der Waals surface area contributed by atoms with Crippen LogP contribution < -0.4 is 0 Å². The zero-order chi connectivity index (χ0) is 17.7. The number of carbonyl (C=O) groups is 2. The van der Waals surface area contributed by atoms with Gasteiger partial charge in [0.15, 0.2) is 11.3 Å². The second-order valence-corrected chi connectivity index (χ2v) is 6.54. The number of halogens is 1. The molecule has 0 N–H and O–H groups in total. The predicted octanol–water partition coefficient (Wildman–Crippen LogP) is 2.53. The SMILES string of the molecule is COC(=O)c1nc(-c2ccc3c(c2)CN(C)C3=O)n2ccnc2c1Br. The van der Waals surface area contributed by atoms with Crippen molar-refractivity contribution in [2.75, 3.05) is 14.2 Å². The van der Waals surface area contributed by atoms with Crippen molar-refractivity contribution in [1.29, 1.82) is 0 Å². The maximum absolute atomic E-state index is 12.1. The highest BCUT2D eigenvalue weighted by molar-refractivity contribution is 9.10. The lowest BCUT2D eigenvalue weighted by Gasteiger charge is -2.10. The molecule has 0 bridgehead atoms. The Labute approximate surface area is 151 Å². The minimum atomic E-state index is -0.547. The van der Waals surface area contributed by atoms with Crippen LogP contribution in [0.3, 0.4) is 0 Å². The molecule has 1 aromatic carbocycles. The fraction of sp³-hybridized carbons (Fsp3) is 0.176. The summed E-state index contributed by atoms with van der Waals surface area (Å²) in [4.78, 5) is 34.6. The monoisotopic (exact) mass is 400 g/mol. The molecule has 0 radical (unpaired) electrons. The van der Waals surface area contributed by atoms with E-state index in [1.807, 2.05) is 12.1 Å². The second kappa shape index (κ2) is 5.66. The number of nitrogens with zero attached hydrogens (tertiary/aromatic N) is 4. The van der Waals surface area contributed by atoms with Crippen molar-refractivity contribution in [3.63, 3.8) is 0 Å². The van der Waals surface area contributed by atoms with Crippen molar-refractivity contribution in [3.05, 3.63) is 51.9 Å². The topological polar surface area (TPSA) is 76.8 Å². The van der Waals surface area contributed by atoms with E-state index in [2.05, 4.69) is 25.9 Å². The number of ether oxygens (including phenoxy) is 1. The summed E-state index contributed by atoms with van der Waals surface area (Å²) in [5, 5.41) is 0. The average molecular weight is 401 g/mol. The van der Waals surface area contributed by atoms with Crippen molar-refractivity contribution in [3.8, 4) is 11.4 Å². The first-order valence-corrected chi connectivity index (χ1v) is 8.30. The van der Waals surface area contributed by atoms with Crippen molar-refractivity contribution < 1.29 is 14.3 Å². The minimum absolute atomic E-state index is 0.00772. The quantitative estimate of drug-likeness (QED) is 0.617. The van der Waals surface area contributed by atoms with Crippen LogP contribution in [0.15, 0.2) is 35.1 Å². The Morgan fingerprint density at radius 1 is 1.36 bits per heavy atom. The lowest BCUT2D eigenvalue weighted by molar-refractivity contribution is 0.0592. The van der Waals surface area contributed by atoms with Gasteiger partial charge in [0.05, 0.1) is 11.6 Å². The minimum Gasteiger partial charge on any atom is -0.464 e. The van der Waals surface area contributed by atoms with Crippen molar-refractivity contribution >= 4 is 33.5 Å². The van der Waals surface area contributed by atoms with Crippen LogP contribution in [-0.2, 0) is 11.3 Å². The van der Waals surface area contributed by atoms with Crippen LogP contribution in [-0.4, -0.2) is 45.3 Å². The second-order valence-electron chi connectivity index (χ2n) is 5.74. The van der Waals surface area contributed by atoms with Gasteiger partial charge in [-0.1, -0.05) is 6.07 Å². The number of fused-ring (bicyclic) bond motifs is 2. The summed E-state index contributed by atoms with van der Waals surface area (Å²) in [7, 11) is 3.08. The first kappa shape index (κ1) is 15.8. The highest BCUT2D eigenvalue weighted by atomic mass is 79.9. The molecule has 0 aliphatic carbocycles. The third kappa shape index (κ3) is 2.32. The standard InChI is InChI=1S/C17H13BrN4O3/c1-21-8-10-7-9(3-4-11(10)16(21)23)14-20-13(17(24)25-2)12(18)15-19-5-6-22(14)15/h3-7H,8H2,1-2H3. The molecule has 126 valence electrons. The Morgan fingerprint density at radius 3 is 2.92 bits per heavy atom. The van der Waals surface area contributed by atoms with Crippen LogP contribution in [0.5, 0.6) is 0 Å². The maximum atomic E-state index is 12.1. The van der Waals surface area contributed by atoms with Crippen molar-refractivity contribution in [2.45, 2.75) is 6.54 Å². The molecule has 8 heteroatoms. The fourth-order valence-electron chi connectivity index (χ4n) is 2.99. The summed E-state index contributed by atoms with van der Waals surface area (Å²) in [6, 6.07) is 5.54. The number of methoxy groups -OCH3 is 1. The number of imidazole rings is 1. The van der Waals surface area contributed by atoms with Crippen LogP contribution in [0.1, 0.15) is 26.4 Å². The molecule has 0 saturated carbocycles. The normalized spacial score (nSPS) is 13.4. The highest BCUT2D eigenvalue weighted by Crippen LogP contribution is 2.30. The van der Waals surface area contributed by atoms with Crippen molar-refractivity contribution in [1.82, 2.24) is 19.3 Å². The number of carbonyl (C=O) groups excluding carboxylic acids is 2. The number of rotatable bonds is 2. The summed E-state index contributed by atoms with van der Waals surface area (Å²) in [5.74, 6) is 0.0175. The molecule has 2 aromatic heterocycles. The lowest BCUT2D eigenvalue weighted by atomic mass is 10.1. The smallest absolute Gasteiger partial charge is 0.358 e. The first-order chi connectivity index (χ1) is 12.0. The van der Waals surface area contributed by atoms with E-state index in [0.717, 1.165) is 11.1 Å². The molecule has 7 nitrogen and oxygen atoms in total. The van der Waals surface area contributed by atoms with Crippen LogP contribution in [0, 0.1) is 0 Å². The Balaban J connectivity index is 1.95. The van der Waals surface area contributed by atoms with Crippen LogP contribution in [0.25, 0.3) is 17.0 Å². The number of amides is 1. The van der Waals surface area contributed by atoms with Gasteiger partial charge in [-0.3, -0.25) is 9.20 Å². The number of aromatic nitrogens is 3. The van der Waals surface area contributed by atoms with E-state index in [9.17, 15) is 9.59 Å². The molecule has 0 saturated heterocycles. The van der Waals surface area contributed by atoms with Gasteiger partial charge in [-0.05, 0) is 33.6 Å². The summed E-state index contributed by atoms with van der Waals surface area (Å²) in [6.45, 7) is 0.551. The molecule has 25 heavy (non-hydrogen) atoms. The number of hydrogen-bond donors (Lipinski definition) is 0. The Bertz CT molecular complexity index is 1040. The number of esters is 1. The average Bonchev–Trinajstić information content (AvgIpc) is 3.20. The lowest BCUT2D eigenvalue weighted by Crippen LogP contribution is -2.17. The molecule has 3 heterocycles. The van der Waals surface area contributed by atoms with E-state index in [1.54, 1.807) is 34.8 Å². The molecular formula is C17H13BrN4O3. The van der Waals surface area contributed by atoms with E-state index in [4.69, 9.17) is 4.74 Å². The van der Waals surface area contributed by atoms with E-state index in [1.165, 1.54) is 7.11 Å². The maximum Gasteiger partial charge on any atom is 0.358 e. The third-order valence-electron chi connectivity index (χ3n) is 4.22. The molecule has 0 spiro atoms. The number of benzene rings is 1. The zero-order valence-corrected chi connectivity index (χ0v) is 15.1. The van der Waals surface area contributed by atoms with E-state index in [0.29, 0.717) is 28.1 Å². The largest absolute Gasteiger partial charge is 0.464 e. The summed E-state index contributed by atoms with van der Waals surface area (Å²) in [6.07, 6.45) is 3.41.